The minimum absolute atomic E-state index is 0.238. The average molecular weight is 406 g/mol. The lowest BCUT2D eigenvalue weighted by Crippen LogP contribution is -2.34. The van der Waals surface area contributed by atoms with Crippen LogP contribution >= 0.6 is 0 Å². The van der Waals surface area contributed by atoms with E-state index in [1.807, 2.05) is 34.6 Å². The maximum atomic E-state index is 14.2. The Morgan fingerprint density at radius 3 is 2.80 bits per heavy atom. The number of nitrogens with one attached hydrogen (secondary N) is 1. The molecule has 1 saturated carbocycles. The first-order chi connectivity index (χ1) is 14.5. The number of anilines is 2. The maximum absolute atomic E-state index is 14.2. The molecular weight excluding hydrogens is 383 g/mol. The Bertz CT molecular complexity index is 1110. The van der Waals surface area contributed by atoms with Crippen molar-refractivity contribution in [2.75, 3.05) is 16.8 Å². The van der Waals surface area contributed by atoms with Crippen LogP contribution in [0.4, 0.5) is 16.0 Å². The molecule has 154 valence electrons. The Labute approximate surface area is 173 Å². The highest BCUT2D eigenvalue weighted by molar-refractivity contribution is 5.94. The molecule has 1 amide bonds. The molecule has 1 fully saturated rings. The number of nitrogens with zero attached hydrogens (tertiary/aromatic N) is 4. The first-order valence-electron chi connectivity index (χ1n) is 10.2. The summed E-state index contributed by atoms with van der Waals surface area (Å²) in [6.45, 7) is 3.23. The highest BCUT2D eigenvalue weighted by atomic mass is 19.1. The number of hydrogen-bond donors (Lipinski definition) is 2. The van der Waals surface area contributed by atoms with Gasteiger partial charge >= 0.3 is 0 Å². The Hall–Kier alpha value is -3.42. The van der Waals surface area contributed by atoms with Crippen LogP contribution in [0, 0.1) is 11.7 Å². The summed E-state index contributed by atoms with van der Waals surface area (Å²) in [6.07, 6.45) is 4.12. The molecule has 1 aliphatic heterocycles. The van der Waals surface area contributed by atoms with E-state index in [0.29, 0.717) is 24.1 Å². The van der Waals surface area contributed by atoms with E-state index in [1.54, 1.807) is 12.3 Å². The minimum atomic E-state index is -0.576. The fourth-order valence-electron chi connectivity index (χ4n) is 4.08. The number of amides is 1. The predicted octanol–water partition coefficient (Wildman–Crippen LogP) is 3.41. The van der Waals surface area contributed by atoms with E-state index in [-0.39, 0.29) is 17.6 Å². The molecule has 2 aromatic heterocycles. The lowest BCUT2D eigenvalue weighted by Gasteiger charge is -2.38. The van der Waals surface area contributed by atoms with E-state index in [9.17, 15) is 9.18 Å². The number of primary amides is 1. The summed E-state index contributed by atoms with van der Waals surface area (Å²) in [5, 5.41) is 3.37. The van der Waals surface area contributed by atoms with E-state index < -0.39 is 5.91 Å². The van der Waals surface area contributed by atoms with Crippen molar-refractivity contribution in [1.82, 2.24) is 14.5 Å². The fraction of sp³-hybridized carbons (Fsp3) is 0.318. The largest absolute Gasteiger partial charge is 0.364 e. The van der Waals surface area contributed by atoms with E-state index in [2.05, 4.69) is 15.3 Å². The second kappa shape index (κ2) is 7.12. The summed E-state index contributed by atoms with van der Waals surface area (Å²) in [5.74, 6) is 0.304. The van der Waals surface area contributed by atoms with Crippen LogP contribution in [0.15, 0.2) is 42.6 Å². The maximum Gasteiger partial charge on any atom is 0.269 e. The molecular formula is C22H23FN6O. The summed E-state index contributed by atoms with van der Waals surface area (Å²) in [4.78, 5) is 23.2. The van der Waals surface area contributed by atoms with Gasteiger partial charge in [0.2, 0.25) is 5.95 Å². The monoisotopic (exact) mass is 406 g/mol. The van der Waals surface area contributed by atoms with Crippen LogP contribution in [0.25, 0.3) is 5.69 Å². The van der Waals surface area contributed by atoms with Crippen LogP contribution in [0.3, 0.4) is 0 Å². The third-order valence-electron chi connectivity index (χ3n) is 5.80. The van der Waals surface area contributed by atoms with Gasteiger partial charge in [0.1, 0.15) is 5.82 Å². The van der Waals surface area contributed by atoms with Crippen molar-refractivity contribution in [2.45, 2.75) is 32.4 Å². The SMILES string of the molecule is C[C@@H]1c2c(C(N)=O)nc(NCC3CC3)n2-c2ccc(F)cc2N1Cc1ccccn1. The molecule has 0 saturated heterocycles. The number of aromatic nitrogens is 3. The van der Waals surface area contributed by atoms with Crippen LogP contribution in [-0.2, 0) is 6.54 Å². The van der Waals surface area contributed by atoms with Gasteiger partial charge in [-0.05, 0) is 56.0 Å². The number of pyridine rings is 1. The third-order valence-corrected chi connectivity index (χ3v) is 5.80. The van der Waals surface area contributed by atoms with E-state index in [1.165, 1.54) is 25.0 Å². The molecule has 0 bridgehead atoms. The van der Waals surface area contributed by atoms with Crippen molar-refractivity contribution in [3.05, 3.63) is 65.5 Å². The van der Waals surface area contributed by atoms with Crippen molar-refractivity contribution < 1.29 is 9.18 Å². The van der Waals surface area contributed by atoms with Gasteiger partial charge in [0.25, 0.3) is 5.91 Å². The molecule has 7 nitrogen and oxygen atoms in total. The van der Waals surface area contributed by atoms with Gasteiger partial charge in [0.15, 0.2) is 5.69 Å². The fourth-order valence-corrected chi connectivity index (χ4v) is 4.08. The number of halogens is 1. The first kappa shape index (κ1) is 18.6. The lowest BCUT2D eigenvalue weighted by atomic mass is 10.0. The van der Waals surface area contributed by atoms with Gasteiger partial charge < -0.3 is 16.0 Å². The summed E-state index contributed by atoms with van der Waals surface area (Å²) in [5.41, 5.74) is 8.97. The Kier molecular flexibility index (Phi) is 4.42. The van der Waals surface area contributed by atoms with E-state index in [4.69, 9.17) is 5.73 Å². The van der Waals surface area contributed by atoms with Gasteiger partial charge in [0.05, 0.1) is 35.3 Å². The van der Waals surface area contributed by atoms with Crippen molar-refractivity contribution in [2.24, 2.45) is 11.7 Å². The zero-order chi connectivity index (χ0) is 20.8. The molecule has 8 heteroatoms. The molecule has 0 radical (unpaired) electrons. The number of nitrogens with two attached hydrogens (primary N) is 1. The van der Waals surface area contributed by atoms with Gasteiger partial charge in [0, 0.05) is 12.7 Å². The summed E-state index contributed by atoms with van der Waals surface area (Å²) in [6, 6.07) is 10.1. The zero-order valence-electron chi connectivity index (χ0n) is 16.7. The van der Waals surface area contributed by atoms with E-state index in [0.717, 1.165) is 23.6 Å². The number of carbonyl (C=O) groups excluding carboxylic acids is 1. The Morgan fingerprint density at radius 1 is 1.27 bits per heavy atom. The van der Waals surface area contributed by atoms with Crippen LogP contribution in [0.1, 0.15) is 47.7 Å². The summed E-state index contributed by atoms with van der Waals surface area (Å²) >= 11 is 0. The molecule has 1 aliphatic carbocycles. The first-order valence-corrected chi connectivity index (χ1v) is 10.2. The predicted molar refractivity (Wildman–Crippen MR) is 112 cm³/mol. The highest BCUT2D eigenvalue weighted by Gasteiger charge is 2.36. The lowest BCUT2D eigenvalue weighted by molar-refractivity contribution is 0.0994. The van der Waals surface area contributed by atoms with Crippen LogP contribution in [0.5, 0.6) is 0 Å². The second-order valence-corrected chi connectivity index (χ2v) is 7.95. The van der Waals surface area contributed by atoms with E-state index >= 15 is 0 Å². The topological polar surface area (TPSA) is 89.1 Å². The molecule has 3 aromatic rings. The van der Waals surface area contributed by atoms with Gasteiger partial charge in [-0.1, -0.05) is 6.07 Å². The summed E-state index contributed by atoms with van der Waals surface area (Å²) < 4.78 is 16.2. The van der Waals surface area contributed by atoms with Gasteiger partial charge in [-0.25, -0.2) is 9.37 Å². The molecule has 2 aliphatic rings. The third kappa shape index (κ3) is 3.18. The molecule has 0 spiro atoms. The van der Waals surface area contributed by atoms with Crippen LogP contribution in [-0.4, -0.2) is 27.0 Å². The molecule has 5 rings (SSSR count). The number of hydrogen-bond acceptors (Lipinski definition) is 5. The van der Waals surface area contributed by atoms with Crippen LogP contribution in [0.2, 0.25) is 0 Å². The number of carbonyl (C=O) groups is 1. The molecule has 1 aromatic carbocycles. The van der Waals surface area contributed by atoms with Gasteiger partial charge in [-0.15, -0.1) is 0 Å². The number of imidazole rings is 1. The quantitative estimate of drug-likeness (QED) is 0.655. The summed E-state index contributed by atoms with van der Waals surface area (Å²) in [7, 11) is 0. The normalized spacial score (nSPS) is 17.4. The molecule has 1 atom stereocenters. The number of fused-ring (bicyclic) bond motifs is 3. The van der Waals surface area contributed by atoms with Crippen molar-refractivity contribution in [3.63, 3.8) is 0 Å². The number of rotatable bonds is 6. The van der Waals surface area contributed by atoms with Crippen molar-refractivity contribution in [1.29, 1.82) is 0 Å². The number of benzene rings is 1. The molecule has 3 N–H and O–H groups in total. The Balaban J connectivity index is 1.65. The second-order valence-electron chi connectivity index (χ2n) is 7.95. The smallest absolute Gasteiger partial charge is 0.269 e. The van der Waals surface area contributed by atoms with Crippen molar-refractivity contribution in [3.8, 4) is 5.69 Å². The zero-order valence-corrected chi connectivity index (χ0v) is 16.7. The van der Waals surface area contributed by atoms with Gasteiger partial charge in [-0.3, -0.25) is 14.3 Å². The van der Waals surface area contributed by atoms with Crippen molar-refractivity contribution >= 4 is 17.5 Å². The Morgan fingerprint density at radius 2 is 2.10 bits per heavy atom. The van der Waals surface area contributed by atoms with Gasteiger partial charge in [-0.2, -0.15) is 0 Å². The average Bonchev–Trinajstić information content (AvgIpc) is 3.48. The molecule has 3 heterocycles. The van der Waals surface area contributed by atoms with Crippen LogP contribution < -0.4 is 16.0 Å². The highest BCUT2D eigenvalue weighted by Crippen LogP contribution is 2.43. The standard InChI is InChI=1S/C22H23FN6O/c1-13-20-19(21(24)30)27-22(26-11-14-5-6-14)29(20)17-8-7-15(23)10-18(17)28(13)12-16-4-2-3-9-25-16/h2-4,7-10,13-14H,5-6,11-12H2,1H3,(H2,24,30)(H,26,27)/t13-/m1/s1. The minimum Gasteiger partial charge on any atom is -0.364 e. The molecule has 30 heavy (non-hydrogen) atoms. The molecule has 0 unspecified atom stereocenters.